The second kappa shape index (κ2) is 6.21. The summed E-state index contributed by atoms with van der Waals surface area (Å²) >= 11 is 3.37. The lowest BCUT2D eigenvalue weighted by molar-refractivity contribution is 0.132. The van der Waals surface area contributed by atoms with Gasteiger partial charge in [0, 0.05) is 10.0 Å². The Labute approximate surface area is 109 Å². The second-order valence-corrected chi connectivity index (χ2v) is 4.38. The van der Waals surface area contributed by atoms with E-state index >= 15 is 0 Å². The molecular formula is C14H11BrNO. The van der Waals surface area contributed by atoms with Gasteiger partial charge in [-0.3, -0.25) is 0 Å². The van der Waals surface area contributed by atoms with Crippen LogP contribution in [0.4, 0.5) is 0 Å². The van der Waals surface area contributed by atoms with Gasteiger partial charge in [0.2, 0.25) is 0 Å². The monoisotopic (exact) mass is 288 g/mol. The average molecular weight is 289 g/mol. The summed E-state index contributed by atoms with van der Waals surface area (Å²) in [4.78, 5) is 5.16. The molecule has 0 atom stereocenters. The Bertz CT molecular complexity index is 479. The quantitative estimate of drug-likeness (QED) is 0.618. The lowest BCUT2D eigenvalue weighted by Gasteiger charge is -1.98. The predicted molar refractivity (Wildman–Crippen MR) is 71.9 cm³/mol. The van der Waals surface area contributed by atoms with Crippen LogP contribution in [-0.2, 0) is 11.4 Å². The number of nitrogens with zero attached hydrogens (tertiary/aromatic N) is 1. The van der Waals surface area contributed by atoms with E-state index in [1.807, 2.05) is 54.6 Å². The van der Waals surface area contributed by atoms with Crippen LogP contribution >= 0.6 is 15.9 Å². The Morgan fingerprint density at radius 3 is 2.41 bits per heavy atom. The van der Waals surface area contributed by atoms with Crippen LogP contribution in [0.1, 0.15) is 11.1 Å². The van der Waals surface area contributed by atoms with Gasteiger partial charge in [-0.25, -0.2) is 0 Å². The van der Waals surface area contributed by atoms with Crippen molar-refractivity contribution in [3.05, 3.63) is 70.2 Å². The lowest BCUT2D eigenvalue weighted by Crippen LogP contribution is -1.87. The summed E-state index contributed by atoms with van der Waals surface area (Å²) in [5, 5.41) is 3.80. The normalized spacial score (nSPS) is 10.6. The highest BCUT2D eigenvalue weighted by Crippen LogP contribution is 2.09. The summed E-state index contributed by atoms with van der Waals surface area (Å²) in [6.07, 6.45) is 2.82. The molecule has 0 aliphatic heterocycles. The van der Waals surface area contributed by atoms with Gasteiger partial charge in [0.15, 0.2) is 0 Å². The summed E-state index contributed by atoms with van der Waals surface area (Å²) < 4.78 is 1.04. The summed E-state index contributed by atoms with van der Waals surface area (Å²) in [6, 6.07) is 17.6. The number of rotatable bonds is 4. The topological polar surface area (TPSA) is 21.6 Å². The van der Waals surface area contributed by atoms with Gasteiger partial charge in [0.25, 0.3) is 0 Å². The summed E-state index contributed by atoms with van der Waals surface area (Å²) in [5.41, 5.74) is 1.98. The van der Waals surface area contributed by atoms with Gasteiger partial charge in [-0.2, -0.15) is 0 Å². The zero-order valence-electron chi connectivity index (χ0n) is 9.14. The van der Waals surface area contributed by atoms with Crippen LogP contribution in [0, 0.1) is 0 Å². The number of hydrogen-bond acceptors (Lipinski definition) is 2. The molecule has 0 N–H and O–H groups in total. The predicted octanol–water partition coefficient (Wildman–Crippen LogP) is 3.88. The molecule has 0 aliphatic carbocycles. The van der Waals surface area contributed by atoms with Gasteiger partial charge < -0.3 is 4.84 Å². The Morgan fingerprint density at radius 1 is 1.00 bits per heavy atom. The molecule has 2 aromatic carbocycles. The fourth-order valence-electron chi connectivity index (χ4n) is 1.29. The number of benzene rings is 2. The van der Waals surface area contributed by atoms with Gasteiger partial charge in [-0.05, 0) is 17.7 Å². The van der Waals surface area contributed by atoms with Crippen LogP contribution in [0.5, 0.6) is 0 Å². The summed E-state index contributed by atoms with van der Waals surface area (Å²) in [5.74, 6) is 0. The van der Waals surface area contributed by atoms with Crippen molar-refractivity contribution < 1.29 is 4.84 Å². The maximum Gasteiger partial charge on any atom is 0.142 e. The van der Waals surface area contributed by atoms with E-state index in [1.165, 1.54) is 0 Å². The maximum absolute atomic E-state index is 5.16. The first kappa shape index (κ1) is 11.9. The molecule has 0 saturated heterocycles. The number of hydrogen-bond donors (Lipinski definition) is 0. The molecule has 2 aromatic rings. The molecule has 0 bridgehead atoms. The van der Waals surface area contributed by atoms with Crippen LogP contribution in [0.25, 0.3) is 0 Å². The van der Waals surface area contributed by atoms with Gasteiger partial charge in [-0.15, -0.1) is 0 Å². The zero-order chi connectivity index (χ0) is 11.9. The lowest BCUT2D eigenvalue weighted by atomic mass is 10.2. The molecule has 3 heteroatoms. The fourth-order valence-corrected chi connectivity index (χ4v) is 1.55. The van der Waals surface area contributed by atoms with Crippen molar-refractivity contribution in [2.24, 2.45) is 5.16 Å². The molecule has 0 saturated carbocycles. The van der Waals surface area contributed by atoms with E-state index in [0.717, 1.165) is 15.6 Å². The van der Waals surface area contributed by atoms with E-state index in [2.05, 4.69) is 27.3 Å². The third-order valence-electron chi connectivity index (χ3n) is 2.16. The molecule has 2 rings (SSSR count). The molecular weight excluding hydrogens is 278 g/mol. The molecule has 0 spiro atoms. The largest absolute Gasteiger partial charge is 0.390 e. The first-order valence-electron chi connectivity index (χ1n) is 5.22. The van der Waals surface area contributed by atoms with Crippen LogP contribution < -0.4 is 0 Å². The van der Waals surface area contributed by atoms with Crippen molar-refractivity contribution in [1.82, 2.24) is 0 Å². The van der Waals surface area contributed by atoms with Crippen molar-refractivity contribution >= 4 is 22.1 Å². The molecule has 0 heterocycles. The fraction of sp³-hybridized carbons (Fsp3) is 0.0714. The molecule has 0 unspecified atom stereocenters. The molecule has 0 aromatic heterocycles. The van der Waals surface area contributed by atoms with E-state index in [1.54, 1.807) is 0 Å². The van der Waals surface area contributed by atoms with Gasteiger partial charge >= 0.3 is 0 Å². The van der Waals surface area contributed by atoms with Crippen molar-refractivity contribution in [1.29, 1.82) is 0 Å². The SMILES string of the molecule is Brc1ccc(/[C]=N\OCc2ccccc2)cc1. The average Bonchev–Trinajstić information content (AvgIpc) is 2.38. The first-order chi connectivity index (χ1) is 8.34. The Balaban J connectivity index is 1.84. The first-order valence-corrected chi connectivity index (χ1v) is 6.01. The molecule has 85 valence electrons. The van der Waals surface area contributed by atoms with Crippen molar-refractivity contribution in [3.63, 3.8) is 0 Å². The third-order valence-corrected chi connectivity index (χ3v) is 2.69. The Morgan fingerprint density at radius 2 is 1.71 bits per heavy atom. The van der Waals surface area contributed by atoms with Crippen LogP contribution in [0.2, 0.25) is 0 Å². The number of halogens is 1. The zero-order valence-corrected chi connectivity index (χ0v) is 10.7. The van der Waals surface area contributed by atoms with E-state index in [9.17, 15) is 0 Å². The van der Waals surface area contributed by atoms with Crippen molar-refractivity contribution in [2.75, 3.05) is 0 Å². The minimum Gasteiger partial charge on any atom is -0.390 e. The molecule has 0 amide bonds. The third kappa shape index (κ3) is 4.04. The highest BCUT2D eigenvalue weighted by molar-refractivity contribution is 9.10. The molecule has 1 radical (unpaired) electrons. The Kier molecular flexibility index (Phi) is 4.33. The van der Waals surface area contributed by atoms with E-state index in [-0.39, 0.29) is 0 Å². The highest BCUT2D eigenvalue weighted by Gasteiger charge is 1.91. The minimum atomic E-state index is 0.463. The van der Waals surface area contributed by atoms with Crippen molar-refractivity contribution in [2.45, 2.75) is 6.61 Å². The van der Waals surface area contributed by atoms with Crippen LogP contribution in [0.3, 0.4) is 0 Å². The minimum absolute atomic E-state index is 0.463. The van der Waals surface area contributed by atoms with E-state index < -0.39 is 0 Å². The Hall–Kier alpha value is -1.61. The van der Waals surface area contributed by atoms with E-state index in [4.69, 9.17) is 4.84 Å². The van der Waals surface area contributed by atoms with Crippen molar-refractivity contribution in [3.8, 4) is 0 Å². The van der Waals surface area contributed by atoms with Gasteiger partial charge in [-0.1, -0.05) is 63.6 Å². The maximum atomic E-state index is 5.16. The van der Waals surface area contributed by atoms with E-state index in [0.29, 0.717) is 6.61 Å². The molecule has 0 fully saturated rings. The highest BCUT2D eigenvalue weighted by atomic mass is 79.9. The standard InChI is InChI=1S/C14H11BrNO/c15-14-8-6-12(7-9-14)10-16-17-11-13-4-2-1-3-5-13/h1-9H,11H2. The summed E-state index contributed by atoms with van der Waals surface area (Å²) in [7, 11) is 0. The molecule has 2 nitrogen and oxygen atoms in total. The molecule has 17 heavy (non-hydrogen) atoms. The smallest absolute Gasteiger partial charge is 0.142 e. The van der Waals surface area contributed by atoms with Gasteiger partial charge in [0.05, 0.1) is 0 Å². The van der Waals surface area contributed by atoms with Gasteiger partial charge in [0.1, 0.15) is 12.8 Å². The summed E-state index contributed by atoms with van der Waals surface area (Å²) in [6.45, 7) is 0.463. The second-order valence-electron chi connectivity index (χ2n) is 3.47. The van der Waals surface area contributed by atoms with Crippen LogP contribution in [0.15, 0.2) is 64.2 Å². The van der Waals surface area contributed by atoms with Crippen LogP contribution in [-0.4, -0.2) is 6.21 Å². The molecule has 0 aliphatic rings.